The minimum atomic E-state index is -0.713. The second kappa shape index (κ2) is 14.4. The van der Waals surface area contributed by atoms with Crippen molar-refractivity contribution in [3.63, 3.8) is 0 Å². The van der Waals surface area contributed by atoms with Crippen molar-refractivity contribution in [3.8, 4) is 5.75 Å². The largest absolute Gasteiger partial charge is 0.483 e. The third-order valence-electron chi connectivity index (χ3n) is 6.20. The highest BCUT2D eigenvalue weighted by Crippen LogP contribution is 2.29. The van der Waals surface area contributed by atoms with Gasteiger partial charge in [0.1, 0.15) is 11.8 Å². The van der Waals surface area contributed by atoms with Crippen LogP contribution < -0.4 is 10.1 Å². The summed E-state index contributed by atoms with van der Waals surface area (Å²) < 4.78 is 6.75. The Morgan fingerprint density at radius 2 is 1.63 bits per heavy atom. The number of amides is 2. The van der Waals surface area contributed by atoms with Crippen LogP contribution in [0.25, 0.3) is 0 Å². The second-order valence-electron chi connectivity index (χ2n) is 10.1. The lowest BCUT2D eigenvalue weighted by molar-refractivity contribution is -0.142. The summed E-state index contributed by atoms with van der Waals surface area (Å²) in [7, 11) is 0. The number of nitrogens with one attached hydrogen (secondary N) is 1. The first-order chi connectivity index (χ1) is 18.1. The Morgan fingerprint density at radius 1 is 0.947 bits per heavy atom. The highest BCUT2D eigenvalue weighted by Gasteiger charge is 2.31. The number of benzene rings is 3. The van der Waals surface area contributed by atoms with Crippen LogP contribution in [0.3, 0.4) is 0 Å². The number of carbonyl (C=O) groups is 2. The van der Waals surface area contributed by atoms with Crippen LogP contribution in [0.5, 0.6) is 5.75 Å². The van der Waals surface area contributed by atoms with E-state index in [0.29, 0.717) is 29.7 Å². The molecule has 0 unspecified atom stereocenters. The Bertz CT molecular complexity index is 1200. The molecule has 1 N–H and O–H groups in total. The van der Waals surface area contributed by atoms with Crippen molar-refractivity contribution in [1.82, 2.24) is 10.2 Å². The van der Waals surface area contributed by atoms with Gasteiger partial charge in [0.05, 0.1) is 4.47 Å². The van der Waals surface area contributed by atoms with Crippen LogP contribution in [0.15, 0.2) is 77.3 Å². The smallest absolute Gasteiger partial charge is 0.261 e. The van der Waals surface area contributed by atoms with Gasteiger partial charge in [0.15, 0.2) is 6.61 Å². The molecule has 1 atom stereocenters. The Kier molecular flexibility index (Phi) is 11.2. The summed E-state index contributed by atoms with van der Waals surface area (Å²) in [6.45, 7) is 8.90. The average molecular weight is 600 g/mol. The molecule has 0 saturated carbocycles. The molecule has 0 aliphatic carbocycles. The molecule has 38 heavy (non-hydrogen) atoms. The molecule has 0 heterocycles. The molecule has 0 aromatic heterocycles. The number of ether oxygens (including phenoxy) is 1. The van der Waals surface area contributed by atoms with Crippen molar-refractivity contribution in [2.75, 3.05) is 13.2 Å². The Morgan fingerprint density at radius 3 is 2.24 bits per heavy atom. The van der Waals surface area contributed by atoms with Crippen LogP contribution in [0.2, 0.25) is 5.02 Å². The summed E-state index contributed by atoms with van der Waals surface area (Å²) in [6, 6.07) is 22.2. The summed E-state index contributed by atoms with van der Waals surface area (Å²) in [5.74, 6) is 0.775. The van der Waals surface area contributed by atoms with Crippen molar-refractivity contribution < 1.29 is 14.3 Å². The summed E-state index contributed by atoms with van der Waals surface area (Å²) in [4.78, 5) is 28.8. The average Bonchev–Trinajstić information content (AvgIpc) is 2.90. The standard InChI is InChI=1S/C31H36BrClN2O3/c1-21(2)18-34-31(37)28(16-23-8-6-5-7-9-23)35(19-24-10-13-26(33)14-11-24)30(36)20-38-29-15-12-25(22(3)4)17-27(29)32/h5-15,17,21-22,28H,16,18-20H2,1-4H3,(H,34,37)/t28-/m1/s1. The van der Waals surface area contributed by atoms with E-state index in [1.165, 1.54) is 5.56 Å². The van der Waals surface area contributed by atoms with Gasteiger partial charge < -0.3 is 15.0 Å². The molecule has 3 rings (SSSR count). The topological polar surface area (TPSA) is 58.6 Å². The lowest BCUT2D eigenvalue weighted by Gasteiger charge is -2.31. The molecule has 202 valence electrons. The van der Waals surface area contributed by atoms with Gasteiger partial charge in [-0.25, -0.2) is 0 Å². The van der Waals surface area contributed by atoms with Gasteiger partial charge in [-0.2, -0.15) is 0 Å². The number of hydrogen-bond acceptors (Lipinski definition) is 3. The minimum absolute atomic E-state index is 0.188. The molecule has 7 heteroatoms. The van der Waals surface area contributed by atoms with E-state index in [2.05, 4.69) is 35.1 Å². The third-order valence-corrected chi connectivity index (χ3v) is 7.07. The van der Waals surface area contributed by atoms with Crippen LogP contribution in [-0.4, -0.2) is 35.9 Å². The van der Waals surface area contributed by atoms with Gasteiger partial charge in [-0.3, -0.25) is 9.59 Å². The molecule has 3 aromatic rings. The van der Waals surface area contributed by atoms with Gasteiger partial charge in [-0.1, -0.05) is 87.8 Å². The number of carbonyl (C=O) groups excluding carboxylic acids is 2. The highest BCUT2D eigenvalue weighted by atomic mass is 79.9. The molecule has 0 radical (unpaired) electrons. The Hall–Kier alpha value is -2.83. The quantitative estimate of drug-likeness (QED) is 0.243. The fraction of sp³-hybridized carbons (Fsp3) is 0.355. The van der Waals surface area contributed by atoms with E-state index in [0.717, 1.165) is 15.6 Å². The Balaban J connectivity index is 1.89. The van der Waals surface area contributed by atoms with Gasteiger partial charge >= 0.3 is 0 Å². The van der Waals surface area contributed by atoms with Gasteiger partial charge in [0, 0.05) is 24.5 Å². The maximum absolute atomic E-state index is 13.7. The normalized spacial score (nSPS) is 11.9. The van der Waals surface area contributed by atoms with Gasteiger partial charge in [0.25, 0.3) is 5.91 Å². The van der Waals surface area contributed by atoms with Crippen LogP contribution >= 0.6 is 27.5 Å². The first-order valence-electron chi connectivity index (χ1n) is 12.9. The minimum Gasteiger partial charge on any atom is -0.483 e. The second-order valence-corrected chi connectivity index (χ2v) is 11.4. The van der Waals surface area contributed by atoms with Crippen molar-refractivity contribution in [1.29, 1.82) is 0 Å². The zero-order chi connectivity index (χ0) is 27.7. The molecule has 5 nitrogen and oxygen atoms in total. The molecular weight excluding hydrogens is 564 g/mol. The molecule has 3 aromatic carbocycles. The van der Waals surface area contributed by atoms with Gasteiger partial charge in [-0.05, 0) is 68.7 Å². The van der Waals surface area contributed by atoms with E-state index in [-0.39, 0.29) is 30.9 Å². The number of rotatable bonds is 12. The number of hydrogen-bond donors (Lipinski definition) is 1. The molecule has 0 aliphatic heterocycles. The van der Waals surface area contributed by atoms with E-state index in [1.807, 2.05) is 74.5 Å². The first-order valence-corrected chi connectivity index (χ1v) is 14.1. The maximum atomic E-state index is 13.7. The molecule has 0 fully saturated rings. The fourth-order valence-corrected chi connectivity index (χ4v) is 4.62. The zero-order valence-electron chi connectivity index (χ0n) is 22.4. The highest BCUT2D eigenvalue weighted by molar-refractivity contribution is 9.10. The summed E-state index contributed by atoms with van der Waals surface area (Å²) in [5.41, 5.74) is 3.02. The van der Waals surface area contributed by atoms with Gasteiger partial charge in [0.2, 0.25) is 5.91 Å². The van der Waals surface area contributed by atoms with E-state index in [9.17, 15) is 9.59 Å². The molecule has 0 aliphatic rings. The predicted octanol–water partition coefficient (Wildman–Crippen LogP) is 7.02. The fourth-order valence-electron chi connectivity index (χ4n) is 3.98. The molecule has 0 bridgehead atoms. The van der Waals surface area contributed by atoms with E-state index in [1.54, 1.807) is 17.0 Å². The van der Waals surface area contributed by atoms with Crippen LogP contribution in [0.1, 0.15) is 50.3 Å². The van der Waals surface area contributed by atoms with Crippen molar-refractivity contribution >= 4 is 39.3 Å². The number of nitrogens with zero attached hydrogens (tertiary/aromatic N) is 1. The molecule has 0 spiro atoms. The van der Waals surface area contributed by atoms with Crippen LogP contribution in [0.4, 0.5) is 0 Å². The zero-order valence-corrected chi connectivity index (χ0v) is 24.8. The Labute approximate surface area is 239 Å². The molecule has 2 amide bonds. The van der Waals surface area contributed by atoms with E-state index >= 15 is 0 Å². The van der Waals surface area contributed by atoms with Crippen molar-refractivity contribution in [2.24, 2.45) is 5.92 Å². The lowest BCUT2D eigenvalue weighted by atomic mass is 10.0. The van der Waals surface area contributed by atoms with E-state index < -0.39 is 6.04 Å². The predicted molar refractivity (Wildman–Crippen MR) is 158 cm³/mol. The van der Waals surface area contributed by atoms with Crippen molar-refractivity contribution in [3.05, 3.63) is 99.0 Å². The lowest BCUT2D eigenvalue weighted by Crippen LogP contribution is -2.52. The maximum Gasteiger partial charge on any atom is 0.261 e. The third kappa shape index (κ3) is 8.88. The molecule has 0 saturated heterocycles. The summed E-state index contributed by atoms with van der Waals surface area (Å²) in [5, 5.41) is 3.64. The first kappa shape index (κ1) is 29.7. The summed E-state index contributed by atoms with van der Waals surface area (Å²) >= 11 is 9.66. The SMILES string of the molecule is CC(C)CNC(=O)[C@@H](Cc1ccccc1)N(Cc1ccc(Cl)cc1)C(=O)COc1ccc(C(C)C)cc1Br. The molecular formula is C31H36BrClN2O3. The van der Waals surface area contributed by atoms with Crippen molar-refractivity contribution in [2.45, 2.75) is 52.6 Å². The van der Waals surface area contributed by atoms with Crippen LogP contribution in [0, 0.1) is 5.92 Å². The number of halogens is 2. The summed E-state index contributed by atoms with van der Waals surface area (Å²) in [6.07, 6.45) is 0.386. The monoisotopic (exact) mass is 598 g/mol. The van der Waals surface area contributed by atoms with E-state index in [4.69, 9.17) is 16.3 Å². The van der Waals surface area contributed by atoms with Gasteiger partial charge in [-0.15, -0.1) is 0 Å². The van der Waals surface area contributed by atoms with Crippen LogP contribution in [-0.2, 0) is 22.6 Å².